The predicted octanol–water partition coefficient (Wildman–Crippen LogP) is 6.75. The van der Waals surface area contributed by atoms with Crippen LogP contribution < -0.4 is 0 Å². The standard InChI is InChI=1S/C27H28N2O/c1-5-19-8-7-9-20(6-2)27(19)25-14-24-22(17-30)16-29(26(24)15-28-25)23-12-10-21(11-13-23)18(3)4/h7-18H,5-6H2,1-4H3. The fraction of sp³-hybridized carbons (Fsp3) is 0.259. The maximum absolute atomic E-state index is 11.9. The number of fused-ring (bicyclic) bond motifs is 1. The highest BCUT2D eigenvalue weighted by Crippen LogP contribution is 2.32. The minimum Gasteiger partial charge on any atom is -0.314 e. The van der Waals surface area contributed by atoms with Crippen molar-refractivity contribution in [1.82, 2.24) is 9.55 Å². The van der Waals surface area contributed by atoms with Gasteiger partial charge in [0, 0.05) is 28.4 Å². The molecule has 0 amide bonds. The average Bonchev–Trinajstić information content (AvgIpc) is 3.16. The van der Waals surface area contributed by atoms with Crippen molar-refractivity contribution in [2.24, 2.45) is 0 Å². The second-order valence-corrected chi connectivity index (χ2v) is 8.06. The number of nitrogens with zero attached hydrogens (tertiary/aromatic N) is 2. The minimum atomic E-state index is 0.488. The summed E-state index contributed by atoms with van der Waals surface area (Å²) in [4.78, 5) is 16.7. The summed E-state index contributed by atoms with van der Waals surface area (Å²) in [6.07, 6.45) is 6.66. The Bertz CT molecular complexity index is 1180. The van der Waals surface area contributed by atoms with E-state index in [0.29, 0.717) is 11.5 Å². The highest BCUT2D eigenvalue weighted by atomic mass is 16.1. The molecule has 0 spiro atoms. The molecule has 2 aromatic carbocycles. The highest BCUT2D eigenvalue weighted by Gasteiger charge is 2.15. The first-order chi connectivity index (χ1) is 14.6. The first-order valence-electron chi connectivity index (χ1n) is 10.7. The molecule has 30 heavy (non-hydrogen) atoms. The zero-order valence-corrected chi connectivity index (χ0v) is 18.1. The third-order valence-corrected chi connectivity index (χ3v) is 5.94. The fourth-order valence-electron chi connectivity index (χ4n) is 4.19. The number of carbonyl (C=O) groups excluding carboxylic acids is 1. The zero-order chi connectivity index (χ0) is 21.3. The van der Waals surface area contributed by atoms with Crippen LogP contribution in [-0.4, -0.2) is 15.8 Å². The number of benzene rings is 2. The van der Waals surface area contributed by atoms with Crippen LogP contribution in [0, 0.1) is 0 Å². The van der Waals surface area contributed by atoms with Crippen LogP contribution in [0.5, 0.6) is 0 Å². The van der Waals surface area contributed by atoms with Gasteiger partial charge in [-0.3, -0.25) is 9.78 Å². The Morgan fingerprint density at radius 1 is 1.00 bits per heavy atom. The van der Waals surface area contributed by atoms with E-state index >= 15 is 0 Å². The monoisotopic (exact) mass is 396 g/mol. The number of hydrogen-bond donors (Lipinski definition) is 0. The third-order valence-electron chi connectivity index (χ3n) is 5.94. The Hall–Kier alpha value is -3.20. The van der Waals surface area contributed by atoms with E-state index in [-0.39, 0.29) is 0 Å². The molecule has 0 fully saturated rings. The van der Waals surface area contributed by atoms with E-state index in [1.165, 1.54) is 22.3 Å². The van der Waals surface area contributed by atoms with Gasteiger partial charge in [-0.2, -0.15) is 0 Å². The highest BCUT2D eigenvalue weighted by molar-refractivity contribution is 5.99. The molecule has 0 saturated carbocycles. The molecule has 152 valence electrons. The SMILES string of the molecule is CCc1cccc(CC)c1-c1cc2c(C=O)cn(-c3ccc(C(C)C)cc3)c2cn1. The smallest absolute Gasteiger partial charge is 0.152 e. The van der Waals surface area contributed by atoms with Gasteiger partial charge >= 0.3 is 0 Å². The second kappa shape index (κ2) is 8.27. The predicted molar refractivity (Wildman–Crippen MR) is 125 cm³/mol. The van der Waals surface area contributed by atoms with E-state index in [9.17, 15) is 4.79 Å². The van der Waals surface area contributed by atoms with Crippen molar-refractivity contribution in [2.75, 3.05) is 0 Å². The van der Waals surface area contributed by atoms with Crippen molar-refractivity contribution in [3.05, 3.63) is 83.2 Å². The van der Waals surface area contributed by atoms with Crippen LogP contribution in [0.1, 0.15) is 60.7 Å². The molecule has 2 aromatic heterocycles. The van der Waals surface area contributed by atoms with Crippen LogP contribution in [0.25, 0.3) is 27.8 Å². The first kappa shape index (κ1) is 20.1. The Morgan fingerprint density at radius 3 is 2.23 bits per heavy atom. The molecule has 0 unspecified atom stereocenters. The summed E-state index contributed by atoms with van der Waals surface area (Å²) in [7, 11) is 0. The van der Waals surface area contributed by atoms with Gasteiger partial charge < -0.3 is 4.57 Å². The fourth-order valence-corrected chi connectivity index (χ4v) is 4.19. The van der Waals surface area contributed by atoms with Crippen LogP contribution in [-0.2, 0) is 12.8 Å². The van der Waals surface area contributed by atoms with Crippen LogP contribution in [0.15, 0.2) is 60.9 Å². The number of rotatable bonds is 6. The lowest BCUT2D eigenvalue weighted by molar-refractivity contribution is 0.112. The summed E-state index contributed by atoms with van der Waals surface area (Å²) >= 11 is 0. The molecule has 0 N–H and O–H groups in total. The molecule has 0 saturated heterocycles. The summed E-state index contributed by atoms with van der Waals surface area (Å²) in [5.74, 6) is 0.488. The van der Waals surface area contributed by atoms with E-state index in [2.05, 4.69) is 80.8 Å². The van der Waals surface area contributed by atoms with Crippen LogP contribution in [0.4, 0.5) is 0 Å². The molecule has 4 aromatic rings. The van der Waals surface area contributed by atoms with Crippen LogP contribution >= 0.6 is 0 Å². The molecule has 2 heterocycles. The van der Waals surface area contributed by atoms with Gasteiger partial charge in [0.1, 0.15) is 0 Å². The van der Waals surface area contributed by atoms with Crippen molar-refractivity contribution < 1.29 is 4.79 Å². The Kier molecular flexibility index (Phi) is 5.54. The van der Waals surface area contributed by atoms with Gasteiger partial charge in [-0.1, -0.05) is 58.0 Å². The Balaban J connectivity index is 1.89. The molecular weight excluding hydrogens is 368 g/mol. The lowest BCUT2D eigenvalue weighted by atomic mass is 9.94. The largest absolute Gasteiger partial charge is 0.314 e. The summed E-state index contributed by atoms with van der Waals surface area (Å²) in [5.41, 5.74) is 8.70. The summed E-state index contributed by atoms with van der Waals surface area (Å²) < 4.78 is 2.06. The average molecular weight is 397 g/mol. The molecule has 0 atom stereocenters. The molecular formula is C27H28N2O. The minimum absolute atomic E-state index is 0.488. The summed E-state index contributed by atoms with van der Waals surface area (Å²) in [6.45, 7) is 8.72. The molecule has 3 heteroatoms. The van der Waals surface area contributed by atoms with Gasteiger partial charge in [-0.25, -0.2) is 0 Å². The van der Waals surface area contributed by atoms with E-state index in [1.54, 1.807) is 0 Å². The summed E-state index contributed by atoms with van der Waals surface area (Å²) in [5, 5.41) is 0.941. The van der Waals surface area contributed by atoms with Gasteiger partial charge in [0.25, 0.3) is 0 Å². The van der Waals surface area contributed by atoms with Crippen LogP contribution in [0.3, 0.4) is 0 Å². The number of aryl methyl sites for hydroxylation is 2. The molecule has 3 nitrogen and oxygen atoms in total. The quantitative estimate of drug-likeness (QED) is 0.338. The lowest BCUT2D eigenvalue weighted by Gasteiger charge is -2.13. The van der Waals surface area contributed by atoms with Crippen LogP contribution in [0.2, 0.25) is 0 Å². The van der Waals surface area contributed by atoms with E-state index in [0.717, 1.165) is 41.4 Å². The maximum Gasteiger partial charge on any atom is 0.152 e. The number of hydrogen-bond acceptors (Lipinski definition) is 2. The number of aldehydes is 1. The van der Waals surface area contributed by atoms with E-state index in [4.69, 9.17) is 4.98 Å². The van der Waals surface area contributed by atoms with Gasteiger partial charge in [0.05, 0.1) is 17.4 Å². The topological polar surface area (TPSA) is 34.9 Å². The molecule has 0 bridgehead atoms. The molecule has 0 aliphatic rings. The van der Waals surface area contributed by atoms with E-state index < -0.39 is 0 Å². The molecule has 4 rings (SSSR count). The molecule has 0 aliphatic carbocycles. The maximum atomic E-state index is 11.9. The Labute approximate surface area is 178 Å². The summed E-state index contributed by atoms with van der Waals surface area (Å²) in [6, 6.07) is 17.1. The van der Waals surface area contributed by atoms with Gasteiger partial charge in [0.15, 0.2) is 6.29 Å². The number of carbonyl (C=O) groups is 1. The number of pyridine rings is 1. The first-order valence-corrected chi connectivity index (χ1v) is 10.7. The van der Waals surface area contributed by atoms with Crippen molar-refractivity contribution >= 4 is 17.2 Å². The second-order valence-electron chi connectivity index (χ2n) is 8.06. The molecule has 0 radical (unpaired) electrons. The Morgan fingerprint density at radius 2 is 1.67 bits per heavy atom. The van der Waals surface area contributed by atoms with E-state index in [1.807, 2.05) is 12.4 Å². The molecule has 0 aliphatic heterocycles. The van der Waals surface area contributed by atoms with Gasteiger partial charge in [0.2, 0.25) is 0 Å². The van der Waals surface area contributed by atoms with Gasteiger partial charge in [-0.15, -0.1) is 0 Å². The van der Waals surface area contributed by atoms with Crippen molar-refractivity contribution in [1.29, 1.82) is 0 Å². The van der Waals surface area contributed by atoms with Crippen molar-refractivity contribution in [3.63, 3.8) is 0 Å². The normalized spacial score (nSPS) is 11.4. The number of aromatic nitrogens is 2. The lowest BCUT2D eigenvalue weighted by Crippen LogP contribution is -1.97. The van der Waals surface area contributed by atoms with Gasteiger partial charge in [-0.05, 0) is 53.6 Å². The zero-order valence-electron chi connectivity index (χ0n) is 18.1. The third kappa shape index (κ3) is 3.45. The van der Waals surface area contributed by atoms with Crippen molar-refractivity contribution in [2.45, 2.75) is 46.5 Å². The van der Waals surface area contributed by atoms with Crippen molar-refractivity contribution in [3.8, 4) is 16.9 Å².